The number of hydrogen-bond donors (Lipinski definition) is 1. The number of carbonyl (C=O) groups excluding carboxylic acids is 3. The molecule has 11 nitrogen and oxygen atoms in total. The van der Waals surface area contributed by atoms with Crippen molar-refractivity contribution in [3.8, 4) is 0 Å². The van der Waals surface area contributed by atoms with Crippen LogP contribution in [0, 0.1) is 0 Å². The first-order chi connectivity index (χ1) is 19.3. The second kappa shape index (κ2) is 12.1. The summed E-state index contributed by atoms with van der Waals surface area (Å²) in [5, 5.41) is 2.76. The van der Waals surface area contributed by atoms with Gasteiger partial charge in [-0.2, -0.15) is 0 Å². The molecule has 0 saturated carbocycles. The average Bonchev–Trinajstić information content (AvgIpc) is 3.54. The minimum Gasteiger partial charge on any atom is -0.459 e. The summed E-state index contributed by atoms with van der Waals surface area (Å²) in [5.41, 5.74) is 1.98. The van der Waals surface area contributed by atoms with Crippen molar-refractivity contribution in [3.05, 3.63) is 93.4 Å². The Labute approximate surface area is 244 Å². The summed E-state index contributed by atoms with van der Waals surface area (Å²) in [6.45, 7) is 1.13. The zero-order valence-electron chi connectivity index (χ0n) is 20.9. The smallest absolute Gasteiger partial charge is 0.338 e. The number of fused-ring (bicyclic) bond motifs is 1. The van der Waals surface area contributed by atoms with E-state index >= 15 is 0 Å². The zero-order valence-corrected chi connectivity index (χ0v) is 24.0. The number of imidazole rings is 1. The lowest BCUT2D eigenvalue weighted by Crippen LogP contribution is -2.26. The van der Waals surface area contributed by atoms with Gasteiger partial charge in [-0.3, -0.25) is 14.2 Å². The predicted octanol–water partition coefficient (Wildman–Crippen LogP) is 4.77. The Kier molecular flexibility index (Phi) is 8.33. The van der Waals surface area contributed by atoms with Gasteiger partial charge in [-0.05, 0) is 56.1 Å². The Bertz CT molecular complexity index is 1590. The molecule has 1 amide bonds. The molecule has 2 aromatic carbocycles. The Balaban J connectivity index is 1.45. The molecular formula is C27H21Br2N5O6. The number of ether oxygens (including phenoxy) is 3. The van der Waals surface area contributed by atoms with Gasteiger partial charge < -0.3 is 19.5 Å². The molecule has 1 saturated heterocycles. The van der Waals surface area contributed by atoms with Crippen LogP contribution < -0.4 is 5.32 Å². The minimum absolute atomic E-state index is 0.155. The largest absolute Gasteiger partial charge is 0.459 e. The Morgan fingerprint density at radius 1 is 0.975 bits per heavy atom. The van der Waals surface area contributed by atoms with Gasteiger partial charge in [0, 0.05) is 18.1 Å². The fraction of sp³-hybridized carbons (Fsp3) is 0.185. The van der Waals surface area contributed by atoms with Crippen LogP contribution >= 0.6 is 31.9 Å². The fourth-order valence-electron chi connectivity index (χ4n) is 4.23. The van der Waals surface area contributed by atoms with Crippen LogP contribution in [0.15, 0.2) is 82.3 Å². The van der Waals surface area contributed by atoms with Gasteiger partial charge in [-0.15, -0.1) is 0 Å². The number of halogens is 2. The number of hydrogen-bond acceptors (Lipinski definition) is 9. The van der Waals surface area contributed by atoms with Crippen LogP contribution in [-0.2, 0) is 19.0 Å². The van der Waals surface area contributed by atoms with E-state index in [1.54, 1.807) is 59.2 Å². The molecule has 1 aliphatic rings. The van der Waals surface area contributed by atoms with E-state index in [9.17, 15) is 14.4 Å². The third-order valence-corrected chi connectivity index (χ3v) is 6.92. The summed E-state index contributed by atoms with van der Waals surface area (Å²) >= 11 is 6.82. The van der Waals surface area contributed by atoms with Gasteiger partial charge in [0.05, 0.1) is 15.3 Å². The number of nitrogens with zero attached hydrogens (tertiary/aromatic N) is 4. The van der Waals surface area contributed by atoms with E-state index in [-0.39, 0.29) is 18.3 Å². The number of esters is 2. The summed E-state index contributed by atoms with van der Waals surface area (Å²) < 4.78 is 19.5. The molecule has 0 unspecified atom stereocenters. The van der Waals surface area contributed by atoms with Gasteiger partial charge in [-0.1, -0.05) is 36.4 Å². The zero-order chi connectivity index (χ0) is 28.2. The van der Waals surface area contributed by atoms with Crippen molar-refractivity contribution < 1.29 is 28.6 Å². The number of carbonyl (C=O) groups is 3. The maximum absolute atomic E-state index is 12.7. The van der Waals surface area contributed by atoms with E-state index in [4.69, 9.17) is 14.2 Å². The van der Waals surface area contributed by atoms with Crippen LogP contribution in [0.1, 0.15) is 33.9 Å². The standard InChI is InChI=1S/C27H21Br2N5O6/c1-15(35)39-21-19(22(28)29)18(12-38-27(37)17-10-6-3-7-11-17)40-26(21)34-14-32-20-23(30-13-31-24(20)34)33-25(36)16-8-4-2-5-9-16/h2-11,13-14,18,21,26H,12H2,1H3,(H,30,31,33,36)/t18-,21-,26-/m1/s1. The number of rotatable bonds is 7. The predicted molar refractivity (Wildman–Crippen MR) is 151 cm³/mol. The van der Waals surface area contributed by atoms with Crippen LogP contribution in [0.4, 0.5) is 5.82 Å². The molecule has 0 aliphatic carbocycles. The van der Waals surface area contributed by atoms with Gasteiger partial charge in [-0.25, -0.2) is 19.7 Å². The topological polar surface area (TPSA) is 135 Å². The summed E-state index contributed by atoms with van der Waals surface area (Å²) in [7, 11) is 0. The normalized spacial score (nSPS) is 18.4. The third kappa shape index (κ3) is 5.81. The lowest BCUT2D eigenvalue weighted by molar-refractivity contribution is -0.151. The summed E-state index contributed by atoms with van der Waals surface area (Å²) in [4.78, 5) is 50.4. The Morgan fingerprint density at radius 3 is 2.30 bits per heavy atom. The van der Waals surface area contributed by atoms with Crippen LogP contribution in [-0.4, -0.2) is 56.2 Å². The molecule has 3 heterocycles. The molecule has 0 radical (unpaired) electrons. The van der Waals surface area contributed by atoms with Gasteiger partial charge in [0.2, 0.25) is 0 Å². The highest BCUT2D eigenvalue weighted by atomic mass is 79.9. The monoisotopic (exact) mass is 669 g/mol. The highest BCUT2D eigenvalue weighted by molar-refractivity contribution is 9.28. The lowest BCUT2D eigenvalue weighted by atomic mass is 10.1. The van der Waals surface area contributed by atoms with E-state index < -0.39 is 30.4 Å². The average molecular weight is 671 g/mol. The van der Waals surface area contributed by atoms with Crippen molar-refractivity contribution in [1.29, 1.82) is 0 Å². The first-order valence-corrected chi connectivity index (χ1v) is 13.6. The molecule has 0 bridgehead atoms. The Morgan fingerprint density at radius 2 is 1.65 bits per heavy atom. The van der Waals surface area contributed by atoms with E-state index in [0.29, 0.717) is 31.3 Å². The maximum Gasteiger partial charge on any atom is 0.338 e. The molecule has 1 fully saturated rings. The van der Waals surface area contributed by atoms with E-state index in [0.717, 1.165) is 0 Å². The maximum atomic E-state index is 12.7. The molecular weight excluding hydrogens is 650 g/mol. The second-order valence-electron chi connectivity index (χ2n) is 8.59. The van der Waals surface area contributed by atoms with Crippen molar-refractivity contribution in [1.82, 2.24) is 19.5 Å². The SMILES string of the molecule is CC(=O)O[C@@H]1C(=C(Br)Br)[C@@H](COC(=O)c2ccccc2)O[C@H]1n1cnc2c(NC(=O)c3ccccc3)ncnc21. The van der Waals surface area contributed by atoms with Gasteiger partial charge in [0.25, 0.3) is 5.91 Å². The van der Waals surface area contributed by atoms with Gasteiger partial charge in [0.1, 0.15) is 19.0 Å². The third-order valence-electron chi connectivity index (χ3n) is 6.00. The van der Waals surface area contributed by atoms with Crippen molar-refractivity contribution in [2.24, 2.45) is 0 Å². The van der Waals surface area contributed by atoms with Gasteiger partial charge >= 0.3 is 11.9 Å². The molecule has 40 heavy (non-hydrogen) atoms. The summed E-state index contributed by atoms with van der Waals surface area (Å²) in [6, 6.07) is 17.2. The molecule has 5 rings (SSSR count). The van der Waals surface area contributed by atoms with E-state index in [1.165, 1.54) is 19.6 Å². The van der Waals surface area contributed by atoms with E-state index in [2.05, 4.69) is 52.1 Å². The molecule has 1 N–H and O–H groups in total. The first kappa shape index (κ1) is 27.6. The molecule has 13 heteroatoms. The fourth-order valence-corrected chi connectivity index (χ4v) is 5.19. The summed E-state index contributed by atoms with van der Waals surface area (Å²) in [5.74, 6) is -1.24. The van der Waals surface area contributed by atoms with Crippen LogP contribution in [0.25, 0.3) is 11.2 Å². The number of nitrogens with one attached hydrogen (secondary N) is 1. The van der Waals surface area contributed by atoms with Crippen molar-refractivity contribution in [2.45, 2.75) is 25.4 Å². The highest BCUT2D eigenvalue weighted by Crippen LogP contribution is 2.42. The van der Waals surface area contributed by atoms with Crippen LogP contribution in [0.2, 0.25) is 0 Å². The lowest BCUT2D eigenvalue weighted by Gasteiger charge is -2.20. The van der Waals surface area contributed by atoms with E-state index in [1.807, 2.05) is 6.07 Å². The van der Waals surface area contributed by atoms with Gasteiger partial charge in [0.15, 0.2) is 29.3 Å². The van der Waals surface area contributed by atoms with Crippen molar-refractivity contribution >= 4 is 66.7 Å². The minimum atomic E-state index is -0.929. The number of benzene rings is 2. The number of aromatic nitrogens is 4. The number of amides is 1. The molecule has 204 valence electrons. The molecule has 3 atom stereocenters. The number of anilines is 1. The Hall–Kier alpha value is -3.94. The quantitative estimate of drug-likeness (QED) is 0.276. The van der Waals surface area contributed by atoms with Crippen LogP contribution in [0.5, 0.6) is 0 Å². The van der Waals surface area contributed by atoms with Crippen molar-refractivity contribution in [2.75, 3.05) is 11.9 Å². The van der Waals surface area contributed by atoms with Crippen LogP contribution in [0.3, 0.4) is 0 Å². The summed E-state index contributed by atoms with van der Waals surface area (Å²) in [6.07, 6.45) is 0.0972. The van der Waals surface area contributed by atoms with Crippen molar-refractivity contribution in [3.63, 3.8) is 0 Å². The molecule has 1 aliphatic heterocycles. The molecule has 0 spiro atoms. The second-order valence-corrected chi connectivity index (χ2v) is 11.2. The highest BCUT2D eigenvalue weighted by Gasteiger charge is 2.46. The molecule has 4 aromatic rings. The first-order valence-electron chi connectivity index (χ1n) is 12.0. The molecule has 2 aromatic heterocycles.